The van der Waals surface area contributed by atoms with Gasteiger partial charge in [-0.2, -0.15) is 0 Å². The molecule has 88 valence electrons. The lowest BCUT2D eigenvalue weighted by atomic mass is 10.0. The number of aromatic nitrogens is 1. The smallest absolute Gasteiger partial charge is 0.126 e. The van der Waals surface area contributed by atoms with E-state index in [4.69, 9.17) is 4.74 Å². The first kappa shape index (κ1) is 11.5. The first-order valence-electron chi connectivity index (χ1n) is 5.54. The van der Waals surface area contributed by atoms with Crippen molar-refractivity contribution in [3.05, 3.63) is 42.0 Å². The van der Waals surface area contributed by atoms with E-state index in [9.17, 15) is 0 Å². The number of rotatable bonds is 3. The maximum atomic E-state index is 5.20. The SMILES string of the molecule is CNc1cccc(-c2ccc(OC)cc2C)n1. The lowest BCUT2D eigenvalue weighted by Gasteiger charge is -2.08. The summed E-state index contributed by atoms with van der Waals surface area (Å²) in [6.45, 7) is 2.06. The Kier molecular flexibility index (Phi) is 3.28. The minimum Gasteiger partial charge on any atom is -0.497 e. The van der Waals surface area contributed by atoms with Crippen LogP contribution in [0.2, 0.25) is 0 Å². The fourth-order valence-corrected chi connectivity index (χ4v) is 1.77. The highest BCUT2D eigenvalue weighted by Gasteiger charge is 2.05. The fraction of sp³-hybridized carbons (Fsp3) is 0.214. The Hall–Kier alpha value is -2.03. The van der Waals surface area contributed by atoms with Crippen molar-refractivity contribution in [2.45, 2.75) is 6.92 Å². The number of nitrogens with one attached hydrogen (secondary N) is 1. The van der Waals surface area contributed by atoms with Gasteiger partial charge in [0, 0.05) is 12.6 Å². The van der Waals surface area contributed by atoms with Crippen molar-refractivity contribution in [3.8, 4) is 17.0 Å². The first-order valence-corrected chi connectivity index (χ1v) is 5.54. The lowest BCUT2D eigenvalue weighted by Crippen LogP contribution is -1.94. The molecule has 0 atom stereocenters. The van der Waals surface area contributed by atoms with Crippen LogP contribution >= 0.6 is 0 Å². The van der Waals surface area contributed by atoms with E-state index < -0.39 is 0 Å². The predicted molar refractivity (Wildman–Crippen MR) is 70.5 cm³/mol. The van der Waals surface area contributed by atoms with Crippen molar-refractivity contribution >= 4 is 5.82 Å². The Balaban J connectivity index is 2.45. The van der Waals surface area contributed by atoms with Crippen molar-refractivity contribution in [2.75, 3.05) is 19.5 Å². The van der Waals surface area contributed by atoms with Gasteiger partial charge in [-0.3, -0.25) is 0 Å². The molecule has 0 saturated carbocycles. The summed E-state index contributed by atoms with van der Waals surface area (Å²) in [5, 5.41) is 3.04. The Labute approximate surface area is 101 Å². The van der Waals surface area contributed by atoms with Gasteiger partial charge >= 0.3 is 0 Å². The van der Waals surface area contributed by atoms with Gasteiger partial charge in [0.25, 0.3) is 0 Å². The van der Waals surface area contributed by atoms with Gasteiger partial charge in [0.15, 0.2) is 0 Å². The molecule has 0 amide bonds. The number of pyridine rings is 1. The topological polar surface area (TPSA) is 34.1 Å². The third-order valence-corrected chi connectivity index (χ3v) is 2.71. The maximum Gasteiger partial charge on any atom is 0.126 e. The molecule has 0 bridgehead atoms. The van der Waals surface area contributed by atoms with Crippen LogP contribution in [0, 0.1) is 6.92 Å². The number of nitrogens with zero attached hydrogens (tertiary/aromatic N) is 1. The number of benzene rings is 1. The van der Waals surface area contributed by atoms with Crippen molar-refractivity contribution in [3.63, 3.8) is 0 Å². The molecule has 0 radical (unpaired) electrons. The molecule has 0 saturated heterocycles. The van der Waals surface area contributed by atoms with E-state index in [-0.39, 0.29) is 0 Å². The van der Waals surface area contributed by atoms with E-state index in [1.54, 1.807) is 7.11 Å². The Morgan fingerprint density at radius 1 is 1.18 bits per heavy atom. The summed E-state index contributed by atoms with van der Waals surface area (Å²) in [7, 11) is 3.54. The zero-order valence-corrected chi connectivity index (χ0v) is 10.3. The minimum atomic E-state index is 0.871. The summed E-state index contributed by atoms with van der Waals surface area (Å²) < 4.78 is 5.20. The Morgan fingerprint density at radius 3 is 2.65 bits per heavy atom. The molecular formula is C14H16N2O. The molecule has 2 rings (SSSR count). The van der Waals surface area contributed by atoms with Crippen LogP contribution in [0.3, 0.4) is 0 Å². The zero-order valence-electron chi connectivity index (χ0n) is 10.3. The second-order valence-corrected chi connectivity index (χ2v) is 3.84. The molecule has 0 aliphatic rings. The van der Waals surface area contributed by atoms with E-state index in [1.165, 1.54) is 0 Å². The second-order valence-electron chi connectivity index (χ2n) is 3.84. The number of hydrogen-bond acceptors (Lipinski definition) is 3. The van der Waals surface area contributed by atoms with Crippen molar-refractivity contribution in [1.29, 1.82) is 0 Å². The molecule has 0 spiro atoms. The fourth-order valence-electron chi connectivity index (χ4n) is 1.77. The number of ether oxygens (including phenoxy) is 1. The van der Waals surface area contributed by atoms with Crippen LogP contribution < -0.4 is 10.1 Å². The van der Waals surface area contributed by atoms with Crippen LogP contribution in [-0.4, -0.2) is 19.1 Å². The predicted octanol–water partition coefficient (Wildman–Crippen LogP) is 3.11. The first-order chi connectivity index (χ1) is 8.24. The number of anilines is 1. The molecule has 1 N–H and O–H groups in total. The van der Waals surface area contributed by atoms with Crippen LogP contribution in [0.1, 0.15) is 5.56 Å². The molecule has 0 aliphatic carbocycles. The lowest BCUT2D eigenvalue weighted by molar-refractivity contribution is 0.414. The molecule has 2 aromatic rings. The normalized spacial score (nSPS) is 10.1. The molecule has 0 aliphatic heterocycles. The standard InChI is InChI=1S/C14H16N2O/c1-10-9-11(17-3)7-8-12(10)13-5-4-6-14(15-2)16-13/h4-9H,1-3H3,(H,15,16). The van der Waals surface area contributed by atoms with E-state index in [2.05, 4.69) is 17.2 Å². The summed E-state index contributed by atoms with van der Waals surface area (Å²) in [5.74, 6) is 1.74. The van der Waals surface area contributed by atoms with Gasteiger partial charge in [0.2, 0.25) is 0 Å². The highest BCUT2D eigenvalue weighted by atomic mass is 16.5. The molecule has 1 heterocycles. The van der Waals surface area contributed by atoms with Crippen LogP contribution in [0.15, 0.2) is 36.4 Å². The van der Waals surface area contributed by atoms with Gasteiger partial charge < -0.3 is 10.1 Å². The summed E-state index contributed by atoms with van der Waals surface area (Å²) in [6, 6.07) is 12.0. The molecule has 3 nitrogen and oxygen atoms in total. The number of hydrogen-bond donors (Lipinski definition) is 1. The van der Waals surface area contributed by atoms with Crippen molar-refractivity contribution in [2.24, 2.45) is 0 Å². The largest absolute Gasteiger partial charge is 0.497 e. The van der Waals surface area contributed by atoms with Gasteiger partial charge in [0.05, 0.1) is 12.8 Å². The molecule has 1 aromatic carbocycles. The Morgan fingerprint density at radius 2 is 2.00 bits per heavy atom. The van der Waals surface area contributed by atoms with Gasteiger partial charge in [-0.05, 0) is 42.8 Å². The minimum absolute atomic E-state index is 0.871. The van der Waals surface area contributed by atoms with Crippen LogP contribution in [-0.2, 0) is 0 Å². The quantitative estimate of drug-likeness (QED) is 0.876. The molecular weight excluding hydrogens is 212 g/mol. The summed E-state index contributed by atoms with van der Waals surface area (Å²) in [4.78, 5) is 4.53. The third-order valence-electron chi connectivity index (χ3n) is 2.71. The summed E-state index contributed by atoms with van der Waals surface area (Å²) in [6.07, 6.45) is 0. The molecule has 0 unspecified atom stereocenters. The molecule has 1 aromatic heterocycles. The summed E-state index contributed by atoms with van der Waals surface area (Å²) >= 11 is 0. The van der Waals surface area contributed by atoms with E-state index in [0.29, 0.717) is 0 Å². The van der Waals surface area contributed by atoms with Crippen molar-refractivity contribution < 1.29 is 4.74 Å². The highest BCUT2D eigenvalue weighted by molar-refractivity contribution is 5.66. The van der Waals surface area contributed by atoms with Gasteiger partial charge in [-0.25, -0.2) is 4.98 Å². The maximum absolute atomic E-state index is 5.20. The molecule has 0 fully saturated rings. The average Bonchev–Trinajstić information content (AvgIpc) is 2.38. The number of aryl methyl sites for hydroxylation is 1. The molecule has 3 heteroatoms. The van der Waals surface area contributed by atoms with Crippen LogP contribution in [0.25, 0.3) is 11.3 Å². The number of methoxy groups -OCH3 is 1. The highest BCUT2D eigenvalue weighted by Crippen LogP contribution is 2.26. The summed E-state index contributed by atoms with van der Waals surface area (Å²) in [5.41, 5.74) is 3.25. The monoisotopic (exact) mass is 228 g/mol. The van der Waals surface area contributed by atoms with Gasteiger partial charge in [-0.1, -0.05) is 6.07 Å². The van der Waals surface area contributed by atoms with E-state index >= 15 is 0 Å². The van der Waals surface area contributed by atoms with E-state index in [1.807, 2.05) is 43.4 Å². The third kappa shape index (κ3) is 2.38. The van der Waals surface area contributed by atoms with Gasteiger partial charge in [0.1, 0.15) is 11.6 Å². The molecule has 17 heavy (non-hydrogen) atoms. The van der Waals surface area contributed by atoms with Crippen molar-refractivity contribution in [1.82, 2.24) is 4.98 Å². The van der Waals surface area contributed by atoms with Crippen LogP contribution in [0.5, 0.6) is 5.75 Å². The van der Waals surface area contributed by atoms with Gasteiger partial charge in [-0.15, -0.1) is 0 Å². The Bertz CT molecular complexity index is 523. The average molecular weight is 228 g/mol. The van der Waals surface area contributed by atoms with Crippen LogP contribution in [0.4, 0.5) is 5.82 Å². The van der Waals surface area contributed by atoms with E-state index in [0.717, 1.165) is 28.4 Å². The zero-order chi connectivity index (χ0) is 12.3. The second kappa shape index (κ2) is 4.87.